The molecular weight excluding hydrogens is 220 g/mol. The highest BCUT2D eigenvalue weighted by molar-refractivity contribution is 5.14. The van der Waals surface area contributed by atoms with Gasteiger partial charge in [-0.2, -0.15) is 0 Å². The molecule has 0 aliphatic carbocycles. The fourth-order valence-electron chi connectivity index (χ4n) is 2.46. The van der Waals surface area contributed by atoms with Gasteiger partial charge in [-0.3, -0.25) is 4.90 Å². The van der Waals surface area contributed by atoms with Crippen LogP contribution in [-0.2, 0) is 6.54 Å². The lowest BCUT2D eigenvalue weighted by Gasteiger charge is -2.31. The van der Waals surface area contributed by atoms with Crippen LogP contribution in [0, 0.1) is 0 Å². The van der Waals surface area contributed by atoms with E-state index in [4.69, 9.17) is 5.73 Å². The third-order valence-corrected chi connectivity index (χ3v) is 3.52. The van der Waals surface area contributed by atoms with Gasteiger partial charge in [-0.1, -0.05) is 57.0 Å². The average molecular weight is 248 g/mol. The monoisotopic (exact) mass is 248 g/mol. The summed E-state index contributed by atoms with van der Waals surface area (Å²) in [5.74, 6) is 0. The molecule has 18 heavy (non-hydrogen) atoms. The quantitative estimate of drug-likeness (QED) is 0.725. The van der Waals surface area contributed by atoms with E-state index in [9.17, 15) is 0 Å². The van der Waals surface area contributed by atoms with E-state index in [0.717, 1.165) is 19.6 Å². The molecule has 1 atom stereocenters. The molecule has 1 unspecified atom stereocenters. The minimum Gasteiger partial charge on any atom is -0.329 e. The summed E-state index contributed by atoms with van der Waals surface area (Å²) in [6, 6.07) is 11.4. The van der Waals surface area contributed by atoms with Gasteiger partial charge < -0.3 is 5.73 Å². The third kappa shape index (κ3) is 5.19. The summed E-state index contributed by atoms with van der Waals surface area (Å²) in [7, 11) is 0. The second-order valence-corrected chi connectivity index (χ2v) is 4.95. The highest BCUT2D eigenvalue weighted by Crippen LogP contribution is 2.15. The average Bonchev–Trinajstić information content (AvgIpc) is 2.41. The summed E-state index contributed by atoms with van der Waals surface area (Å²) in [5.41, 5.74) is 7.15. The maximum absolute atomic E-state index is 5.76. The molecule has 0 spiro atoms. The Labute approximate surface area is 112 Å². The van der Waals surface area contributed by atoms with E-state index in [1.807, 2.05) is 0 Å². The van der Waals surface area contributed by atoms with Gasteiger partial charge in [0.1, 0.15) is 0 Å². The van der Waals surface area contributed by atoms with Crippen molar-refractivity contribution in [2.24, 2.45) is 5.73 Å². The lowest BCUT2D eigenvalue weighted by atomic mass is 10.0. The molecule has 2 N–H and O–H groups in total. The molecule has 0 saturated heterocycles. The first-order valence-corrected chi connectivity index (χ1v) is 7.29. The fraction of sp³-hybridized carbons (Fsp3) is 0.625. The molecule has 102 valence electrons. The molecule has 0 radical (unpaired) electrons. The Balaban J connectivity index is 2.61. The van der Waals surface area contributed by atoms with Crippen molar-refractivity contribution in [1.82, 2.24) is 4.90 Å². The van der Waals surface area contributed by atoms with Crippen LogP contribution in [0.4, 0.5) is 0 Å². The van der Waals surface area contributed by atoms with Gasteiger partial charge >= 0.3 is 0 Å². The van der Waals surface area contributed by atoms with Crippen LogP contribution >= 0.6 is 0 Å². The third-order valence-electron chi connectivity index (χ3n) is 3.52. The zero-order valence-corrected chi connectivity index (χ0v) is 11.9. The molecule has 0 saturated carbocycles. The van der Waals surface area contributed by atoms with Crippen LogP contribution < -0.4 is 5.73 Å². The van der Waals surface area contributed by atoms with Crippen LogP contribution in [0.15, 0.2) is 30.3 Å². The smallest absolute Gasteiger partial charge is 0.0237 e. The number of hydrogen-bond donors (Lipinski definition) is 1. The zero-order valence-electron chi connectivity index (χ0n) is 11.9. The summed E-state index contributed by atoms with van der Waals surface area (Å²) in [6.07, 6.45) is 5.10. The van der Waals surface area contributed by atoms with E-state index in [2.05, 4.69) is 49.1 Å². The molecule has 0 bridgehead atoms. The molecule has 1 aromatic carbocycles. The second-order valence-electron chi connectivity index (χ2n) is 4.95. The molecule has 2 nitrogen and oxygen atoms in total. The molecule has 0 aromatic heterocycles. The van der Waals surface area contributed by atoms with Crippen LogP contribution in [0.5, 0.6) is 0 Å². The van der Waals surface area contributed by atoms with E-state index in [1.165, 1.54) is 31.2 Å². The maximum Gasteiger partial charge on any atom is 0.0237 e. The molecular formula is C16H28N2. The SMILES string of the molecule is CCCCC(CC)N(CCN)Cc1ccccc1. The van der Waals surface area contributed by atoms with Crippen LogP contribution in [0.2, 0.25) is 0 Å². The summed E-state index contributed by atoms with van der Waals surface area (Å²) in [4.78, 5) is 2.55. The normalized spacial score (nSPS) is 12.9. The van der Waals surface area contributed by atoms with Gasteiger partial charge in [0.05, 0.1) is 0 Å². The molecule has 0 aliphatic rings. The van der Waals surface area contributed by atoms with Crippen LogP contribution in [0.25, 0.3) is 0 Å². The van der Waals surface area contributed by atoms with Gasteiger partial charge in [0.25, 0.3) is 0 Å². The van der Waals surface area contributed by atoms with E-state index in [0.29, 0.717) is 6.04 Å². The number of hydrogen-bond acceptors (Lipinski definition) is 2. The van der Waals surface area contributed by atoms with Crippen molar-refractivity contribution in [2.45, 2.75) is 52.1 Å². The molecule has 0 fully saturated rings. The summed E-state index contributed by atoms with van der Waals surface area (Å²) < 4.78 is 0. The molecule has 0 aliphatic heterocycles. The van der Waals surface area contributed by atoms with Crippen LogP contribution in [0.1, 0.15) is 45.1 Å². The maximum atomic E-state index is 5.76. The zero-order chi connectivity index (χ0) is 13.2. The van der Waals surface area contributed by atoms with Gasteiger partial charge in [0.15, 0.2) is 0 Å². The first-order valence-electron chi connectivity index (χ1n) is 7.29. The number of benzene rings is 1. The Morgan fingerprint density at radius 3 is 2.44 bits per heavy atom. The lowest BCUT2D eigenvalue weighted by molar-refractivity contribution is 0.175. The van der Waals surface area contributed by atoms with Crippen molar-refractivity contribution >= 4 is 0 Å². The Kier molecular flexibility index (Phi) is 7.70. The summed E-state index contributed by atoms with van der Waals surface area (Å²) >= 11 is 0. The van der Waals surface area contributed by atoms with Crippen molar-refractivity contribution in [3.8, 4) is 0 Å². The number of rotatable bonds is 9. The van der Waals surface area contributed by atoms with E-state index >= 15 is 0 Å². The van der Waals surface area contributed by atoms with Gasteiger partial charge in [0, 0.05) is 25.7 Å². The molecule has 0 heterocycles. The predicted molar refractivity (Wildman–Crippen MR) is 79.5 cm³/mol. The Morgan fingerprint density at radius 2 is 1.89 bits per heavy atom. The Morgan fingerprint density at radius 1 is 1.17 bits per heavy atom. The van der Waals surface area contributed by atoms with Crippen molar-refractivity contribution < 1.29 is 0 Å². The van der Waals surface area contributed by atoms with Gasteiger partial charge in [-0.05, 0) is 18.4 Å². The van der Waals surface area contributed by atoms with E-state index < -0.39 is 0 Å². The van der Waals surface area contributed by atoms with Gasteiger partial charge in [0.2, 0.25) is 0 Å². The lowest BCUT2D eigenvalue weighted by Crippen LogP contribution is -2.38. The molecule has 1 aromatic rings. The predicted octanol–water partition coefficient (Wildman–Crippen LogP) is 3.42. The Bertz CT molecular complexity index is 297. The standard InChI is InChI=1S/C16H28N2/c1-3-5-11-16(4-2)18(13-12-17)14-15-9-7-6-8-10-15/h6-10,16H,3-5,11-14,17H2,1-2H3. The number of unbranched alkanes of at least 4 members (excludes halogenated alkanes) is 1. The second kappa shape index (κ2) is 9.12. The number of nitrogens with zero attached hydrogens (tertiary/aromatic N) is 1. The highest BCUT2D eigenvalue weighted by atomic mass is 15.2. The largest absolute Gasteiger partial charge is 0.329 e. The van der Waals surface area contributed by atoms with Gasteiger partial charge in [-0.25, -0.2) is 0 Å². The van der Waals surface area contributed by atoms with Crippen molar-refractivity contribution in [3.63, 3.8) is 0 Å². The van der Waals surface area contributed by atoms with Crippen molar-refractivity contribution in [1.29, 1.82) is 0 Å². The molecule has 0 amide bonds. The topological polar surface area (TPSA) is 29.3 Å². The first-order chi connectivity index (χ1) is 8.81. The Hall–Kier alpha value is -0.860. The first kappa shape index (κ1) is 15.2. The molecule has 1 rings (SSSR count). The minimum atomic E-state index is 0.675. The van der Waals surface area contributed by atoms with Crippen molar-refractivity contribution in [2.75, 3.05) is 13.1 Å². The van der Waals surface area contributed by atoms with Crippen LogP contribution in [-0.4, -0.2) is 24.0 Å². The fourth-order valence-corrected chi connectivity index (χ4v) is 2.46. The molecule has 2 heteroatoms. The number of nitrogens with two attached hydrogens (primary N) is 1. The van der Waals surface area contributed by atoms with Gasteiger partial charge in [-0.15, -0.1) is 0 Å². The van der Waals surface area contributed by atoms with E-state index in [-0.39, 0.29) is 0 Å². The summed E-state index contributed by atoms with van der Waals surface area (Å²) in [5, 5.41) is 0. The van der Waals surface area contributed by atoms with E-state index in [1.54, 1.807) is 0 Å². The minimum absolute atomic E-state index is 0.675. The van der Waals surface area contributed by atoms with Crippen LogP contribution in [0.3, 0.4) is 0 Å². The van der Waals surface area contributed by atoms with Crippen molar-refractivity contribution in [3.05, 3.63) is 35.9 Å². The summed E-state index contributed by atoms with van der Waals surface area (Å²) in [6.45, 7) is 7.32. The highest BCUT2D eigenvalue weighted by Gasteiger charge is 2.15.